The molecule has 3 aromatic carbocycles. The second kappa shape index (κ2) is 5.11. The molecule has 0 amide bonds. The molecule has 20 heavy (non-hydrogen) atoms. The summed E-state index contributed by atoms with van der Waals surface area (Å²) in [4.78, 5) is 1.73. The molecule has 0 heterocycles. The van der Waals surface area contributed by atoms with Gasteiger partial charge in [0.15, 0.2) is 0 Å². The van der Waals surface area contributed by atoms with E-state index < -0.39 is 0 Å². The van der Waals surface area contributed by atoms with Crippen LogP contribution in [0.1, 0.15) is 0 Å². The van der Waals surface area contributed by atoms with E-state index >= 15 is 0 Å². The first kappa shape index (κ1) is 13.5. The molecule has 0 atom stereocenters. The van der Waals surface area contributed by atoms with Gasteiger partial charge in [0, 0.05) is 9.79 Å². The molecule has 0 radical (unpaired) electrons. The number of thioether (sulfide) groups is 2. The fourth-order valence-corrected chi connectivity index (χ4v) is 3.39. The van der Waals surface area contributed by atoms with Gasteiger partial charge in [0.05, 0.1) is 0 Å². The zero-order valence-electron chi connectivity index (χ0n) is 11.2. The topological polar surface area (TPSA) is 40.5 Å². The van der Waals surface area contributed by atoms with Crippen LogP contribution in [0.2, 0.25) is 0 Å². The summed E-state index contributed by atoms with van der Waals surface area (Å²) in [5.41, 5.74) is 0. The average Bonchev–Trinajstić information content (AvgIpc) is 2.44. The van der Waals surface area contributed by atoms with Gasteiger partial charge in [0.1, 0.15) is 11.5 Å². The Bertz CT molecular complexity index is 743. The highest BCUT2D eigenvalue weighted by Gasteiger charge is 2.07. The Morgan fingerprint density at radius 1 is 0.600 bits per heavy atom. The van der Waals surface area contributed by atoms with Gasteiger partial charge in [-0.15, -0.1) is 23.5 Å². The molecular formula is C16H14O2S2. The van der Waals surface area contributed by atoms with Gasteiger partial charge in [0.25, 0.3) is 0 Å². The van der Waals surface area contributed by atoms with Crippen LogP contribution in [-0.4, -0.2) is 22.7 Å². The maximum atomic E-state index is 9.96. The molecule has 0 saturated heterocycles. The van der Waals surface area contributed by atoms with E-state index in [4.69, 9.17) is 0 Å². The summed E-state index contributed by atoms with van der Waals surface area (Å²) in [6.07, 6.45) is 3.89. The number of benzene rings is 3. The van der Waals surface area contributed by atoms with Crippen LogP contribution in [0.15, 0.2) is 46.2 Å². The van der Waals surface area contributed by atoms with Gasteiger partial charge < -0.3 is 10.2 Å². The molecule has 102 valence electrons. The Morgan fingerprint density at radius 3 is 1.30 bits per heavy atom. The van der Waals surface area contributed by atoms with Crippen LogP contribution in [0.4, 0.5) is 0 Å². The number of fused-ring (bicyclic) bond motifs is 2. The summed E-state index contributed by atoms with van der Waals surface area (Å²) in [7, 11) is 0. The molecule has 2 nitrogen and oxygen atoms in total. The molecule has 4 heteroatoms. The van der Waals surface area contributed by atoms with Crippen LogP contribution in [0.3, 0.4) is 0 Å². The lowest BCUT2D eigenvalue weighted by Crippen LogP contribution is -1.81. The van der Waals surface area contributed by atoms with Crippen molar-refractivity contribution in [1.29, 1.82) is 0 Å². The largest absolute Gasteiger partial charge is 0.507 e. The van der Waals surface area contributed by atoms with Crippen molar-refractivity contribution in [3.8, 4) is 11.5 Å². The van der Waals surface area contributed by atoms with E-state index in [0.29, 0.717) is 11.5 Å². The minimum atomic E-state index is 0.313. The highest BCUT2D eigenvalue weighted by molar-refractivity contribution is 7.99. The van der Waals surface area contributed by atoms with Crippen LogP contribution >= 0.6 is 23.5 Å². The molecule has 0 aromatic heterocycles. The van der Waals surface area contributed by atoms with Crippen LogP contribution in [0.25, 0.3) is 21.5 Å². The van der Waals surface area contributed by atoms with Crippen molar-refractivity contribution in [2.45, 2.75) is 9.79 Å². The molecule has 3 aromatic rings. The lowest BCUT2D eigenvalue weighted by Gasteiger charge is -2.08. The van der Waals surface area contributed by atoms with Crippen molar-refractivity contribution in [3.05, 3.63) is 36.4 Å². The molecular weight excluding hydrogens is 288 g/mol. The van der Waals surface area contributed by atoms with E-state index in [1.165, 1.54) is 23.5 Å². The van der Waals surface area contributed by atoms with Crippen molar-refractivity contribution >= 4 is 45.1 Å². The van der Waals surface area contributed by atoms with Crippen molar-refractivity contribution < 1.29 is 10.2 Å². The average molecular weight is 302 g/mol. The third kappa shape index (κ3) is 2.19. The summed E-state index contributed by atoms with van der Waals surface area (Å²) in [5.74, 6) is 0.626. The minimum absolute atomic E-state index is 0.313. The number of hydrogen-bond acceptors (Lipinski definition) is 4. The Morgan fingerprint density at radius 2 is 0.950 bits per heavy atom. The molecule has 0 aliphatic rings. The van der Waals surface area contributed by atoms with E-state index in [2.05, 4.69) is 0 Å². The Labute approximate surface area is 125 Å². The Balaban J connectivity index is 2.34. The number of hydrogen-bond donors (Lipinski definition) is 2. The molecule has 3 rings (SSSR count). The van der Waals surface area contributed by atoms with E-state index in [1.54, 1.807) is 12.1 Å². The predicted molar refractivity (Wildman–Crippen MR) is 88.3 cm³/mol. The van der Waals surface area contributed by atoms with E-state index in [9.17, 15) is 10.2 Å². The van der Waals surface area contributed by atoms with Gasteiger partial charge in [-0.3, -0.25) is 0 Å². The van der Waals surface area contributed by atoms with E-state index in [-0.39, 0.29) is 0 Å². The molecule has 0 bridgehead atoms. The summed E-state index contributed by atoms with van der Waals surface area (Å²) >= 11 is 3.04. The summed E-state index contributed by atoms with van der Waals surface area (Å²) in [6.45, 7) is 0. The van der Waals surface area contributed by atoms with Crippen molar-refractivity contribution in [1.82, 2.24) is 0 Å². The first-order valence-electron chi connectivity index (χ1n) is 6.14. The van der Waals surface area contributed by atoms with E-state index in [0.717, 1.165) is 31.3 Å². The SMILES string of the molecule is CSc1cc2cc3cc(O)c(SC)cc3cc2cc1O. The number of rotatable bonds is 2. The highest BCUT2D eigenvalue weighted by Crippen LogP contribution is 2.36. The third-order valence-electron chi connectivity index (χ3n) is 3.39. The van der Waals surface area contributed by atoms with E-state index in [1.807, 2.05) is 36.8 Å². The first-order valence-corrected chi connectivity index (χ1v) is 8.59. The monoisotopic (exact) mass is 302 g/mol. The quantitative estimate of drug-likeness (QED) is 0.524. The molecule has 0 spiro atoms. The number of phenols is 2. The van der Waals surface area contributed by atoms with Crippen molar-refractivity contribution in [2.24, 2.45) is 0 Å². The lowest BCUT2D eigenvalue weighted by atomic mass is 10.0. The lowest BCUT2D eigenvalue weighted by molar-refractivity contribution is 0.463. The van der Waals surface area contributed by atoms with Crippen molar-refractivity contribution in [2.75, 3.05) is 12.5 Å². The number of phenolic OH excluding ortho intramolecular Hbond substituents is 2. The van der Waals surface area contributed by atoms with Gasteiger partial charge in [-0.25, -0.2) is 0 Å². The molecule has 2 N–H and O–H groups in total. The normalized spacial score (nSPS) is 11.3. The smallest absolute Gasteiger partial charge is 0.129 e. The maximum Gasteiger partial charge on any atom is 0.129 e. The van der Waals surface area contributed by atoms with Gasteiger partial charge in [-0.1, -0.05) is 0 Å². The molecule has 0 fully saturated rings. The fraction of sp³-hybridized carbons (Fsp3) is 0.125. The summed E-state index contributed by atoms with van der Waals surface area (Å²) in [5, 5.41) is 24.1. The number of aromatic hydroxyl groups is 2. The van der Waals surface area contributed by atoms with Gasteiger partial charge in [-0.2, -0.15) is 0 Å². The molecule has 0 saturated carbocycles. The molecule has 0 unspecified atom stereocenters. The fourth-order valence-electron chi connectivity index (χ4n) is 2.36. The predicted octanol–water partition coefficient (Wildman–Crippen LogP) is 4.85. The Hall–Kier alpha value is -1.52. The first-order chi connectivity index (χ1) is 9.62. The zero-order valence-corrected chi connectivity index (χ0v) is 12.8. The van der Waals surface area contributed by atoms with Crippen LogP contribution in [-0.2, 0) is 0 Å². The second-order valence-corrected chi connectivity index (χ2v) is 6.29. The zero-order chi connectivity index (χ0) is 14.3. The maximum absolute atomic E-state index is 9.96. The van der Waals surface area contributed by atoms with Crippen molar-refractivity contribution in [3.63, 3.8) is 0 Å². The van der Waals surface area contributed by atoms with Gasteiger partial charge in [0.2, 0.25) is 0 Å². The van der Waals surface area contributed by atoms with Crippen LogP contribution < -0.4 is 0 Å². The van der Waals surface area contributed by atoms with Gasteiger partial charge >= 0.3 is 0 Å². The van der Waals surface area contributed by atoms with Gasteiger partial charge in [-0.05, 0) is 70.5 Å². The van der Waals surface area contributed by atoms with Crippen LogP contribution in [0, 0.1) is 0 Å². The second-order valence-electron chi connectivity index (χ2n) is 4.59. The third-order valence-corrected chi connectivity index (χ3v) is 4.92. The highest BCUT2D eigenvalue weighted by atomic mass is 32.2. The summed E-state index contributed by atoms with van der Waals surface area (Å²) in [6, 6.07) is 11.7. The minimum Gasteiger partial charge on any atom is -0.507 e. The summed E-state index contributed by atoms with van der Waals surface area (Å²) < 4.78 is 0. The van der Waals surface area contributed by atoms with Crippen LogP contribution in [0.5, 0.6) is 11.5 Å². The molecule has 0 aliphatic carbocycles. The molecule has 0 aliphatic heterocycles. The Kier molecular flexibility index (Phi) is 3.44. The standard InChI is InChI=1S/C16H14O2S2/c1-19-15-7-11-3-10-6-14(18)16(20-2)8-12(10)4-9(11)5-13(15)17/h3-8,17-18H,1-2H3.